The number of anilines is 2. The van der Waals surface area contributed by atoms with Gasteiger partial charge in [-0.1, -0.05) is 11.6 Å². The van der Waals surface area contributed by atoms with Crippen molar-refractivity contribution in [3.05, 3.63) is 41.4 Å². The molecule has 0 radical (unpaired) electrons. The van der Waals surface area contributed by atoms with Crippen molar-refractivity contribution in [1.29, 1.82) is 0 Å². The SMILES string of the molecule is Cn1ccnc1CNc1ccc(NS(C)(=O)=O)c(Cl)c1. The van der Waals surface area contributed by atoms with Crippen molar-refractivity contribution in [3.63, 3.8) is 0 Å². The van der Waals surface area contributed by atoms with Gasteiger partial charge in [-0.3, -0.25) is 4.72 Å². The van der Waals surface area contributed by atoms with E-state index in [-0.39, 0.29) is 0 Å². The molecule has 0 unspecified atom stereocenters. The van der Waals surface area contributed by atoms with Gasteiger partial charge in [0.05, 0.1) is 23.5 Å². The summed E-state index contributed by atoms with van der Waals surface area (Å²) >= 11 is 6.04. The molecule has 0 saturated carbocycles. The Balaban J connectivity index is 2.07. The van der Waals surface area contributed by atoms with E-state index < -0.39 is 10.0 Å². The van der Waals surface area contributed by atoms with Crippen LogP contribution in [0.5, 0.6) is 0 Å². The summed E-state index contributed by atoms with van der Waals surface area (Å²) in [4.78, 5) is 4.20. The molecule has 0 fully saturated rings. The van der Waals surface area contributed by atoms with Gasteiger partial charge < -0.3 is 9.88 Å². The van der Waals surface area contributed by atoms with Gasteiger partial charge in [0.1, 0.15) is 5.82 Å². The third kappa shape index (κ3) is 3.88. The molecule has 0 aliphatic rings. The van der Waals surface area contributed by atoms with Crippen LogP contribution >= 0.6 is 11.6 Å². The van der Waals surface area contributed by atoms with E-state index >= 15 is 0 Å². The fourth-order valence-corrected chi connectivity index (χ4v) is 2.52. The van der Waals surface area contributed by atoms with Gasteiger partial charge in [-0.2, -0.15) is 0 Å². The summed E-state index contributed by atoms with van der Waals surface area (Å²) in [6, 6.07) is 5.03. The molecule has 0 atom stereocenters. The smallest absolute Gasteiger partial charge is 0.229 e. The fraction of sp³-hybridized carbons (Fsp3) is 0.250. The monoisotopic (exact) mass is 314 g/mol. The molecular formula is C12H15ClN4O2S. The van der Waals surface area contributed by atoms with Gasteiger partial charge in [0.2, 0.25) is 10.0 Å². The first-order valence-corrected chi connectivity index (χ1v) is 8.09. The number of sulfonamides is 1. The molecule has 0 saturated heterocycles. The average Bonchev–Trinajstić information content (AvgIpc) is 2.74. The minimum Gasteiger partial charge on any atom is -0.378 e. The van der Waals surface area contributed by atoms with Crippen LogP contribution in [0.4, 0.5) is 11.4 Å². The van der Waals surface area contributed by atoms with E-state index in [0.717, 1.165) is 17.8 Å². The van der Waals surface area contributed by atoms with E-state index in [1.165, 1.54) is 0 Å². The number of hydrogen-bond acceptors (Lipinski definition) is 4. The van der Waals surface area contributed by atoms with Crippen LogP contribution in [0.1, 0.15) is 5.82 Å². The summed E-state index contributed by atoms with van der Waals surface area (Å²) in [5, 5.41) is 3.51. The first kappa shape index (κ1) is 14.7. The van der Waals surface area contributed by atoms with Crippen molar-refractivity contribution in [1.82, 2.24) is 9.55 Å². The number of benzene rings is 1. The maximum absolute atomic E-state index is 11.2. The second kappa shape index (κ2) is 5.72. The van der Waals surface area contributed by atoms with Crippen LogP contribution in [0.15, 0.2) is 30.6 Å². The standard InChI is InChI=1S/C12H15ClN4O2S/c1-17-6-5-14-12(17)8-15-9-3-4-11(10(13)7-9)16-20(2,18)19/h3-7,15-16H,8H2,1-2H3. The van der Waals surface area contributed by atoms with Crippen LogP contribution in [0.3, 0.4) is 0 Å². The Kier molecular flexibility index (Phi) is 4.20. The van der Waals surface area contributed by atoms with Gasteiger partial charge in [-0.25, -0.2) is 13.4 Å². The Morgan fingerprint density at radius 1 is 1.40 bits per heavy atom. The predicted molar refractivity (Wildman–Crippen MR) is 80.5 cm³/mol. The molecule has 2 N–H and O–H groups in total. The molecule has 1 heterocycles. The molecule has 20 heavy (non-hydrogen) atoms. The summed E-state index contributed by atoms with van der Waals surface area (Å²) < 4.78 is 26.6. The molecule has 0 spiro atoms. The Labute approximate surface area is 122 Å². The van der Waals surface area contributed by atoms with Gasteiger partial charge in [0.15, 0.2) is 0 Å². The minimum absolute atomic E-state index is 0.334. The van der Waals surface area contributed by atoms with Crippen molar-refractivity contribution < 1.29 is 8.42 Å². The van der Waals surface area contributed by atoms with Gasteiger partial charge in [-0.15, -0.1) is 0 Å². The largest absolute Gasteiger partial charge is 0.378 e. The Bertz CT molecular complexity index is 712. The van der Waals surface area contributed by atoms with E-state index in [2.05, 4.69) is 15.0 Å². The lowest BCUT2D eigenvalue weighted by Gasteiger charge is -2.10. The number of imidazole rings is 1. The quantitative estimate of drug-likeness (QED) is 0.885. The van der Waals surface area contributed by atoms with E-state index in [1.807, 2.05) is 17.8 Å². The number of nitrogens with zero attached hydrogens (tertiary/aromatic N) is 2. The van der Waals surface area contributed by atoms with Crippen molar-refractivity contribution >= 4 is 33.0 Å². The topological polar surface area (TPSA) is 76.0 Å². The number of nitrogens with one attached hydrogen (secondary N) is 2. The van der Waals surface area contributed by atoms with Gasteiger partial charge in [0.25, 0.3) is 0 Å². The zero-order valence-corrected chi connectivity index (χ0v) is 12.7. The Hall–Kier alpha value is -1.73. The van der Waals surface area contributed by atoms with Crippen molar-refractivity contribution in [2.75, 3.05) is 16.3 Å². The first-order valence-electron chi connectivity index (χ1n) is 5.82. The molecule has 2 rings (SSSR count). The summed E-state index contributed by atoms with van der Waals surface area (Å²) in [7, 11) is -1.42. The van der Waals surface area contributed by atoms with Gasteiger partial charge >= 0.3 is 0 Å². The zero-order valence-electron chi connectivity index (χ0n) is 11.1. The summed E-state index contributed by atoms with van der Waals surface area (Å²) in [5.74, 6) is 0.888. The second-order valence-electron chi connectivity index (χ2n) is 4.38. The third-order valence-corrected chi connectivity index (χ3v) is 3.54. The molecule has 0 amide bonds. The van der Waals surface area contributed by atoms with Gasteiger partial charge in [0, 0.05) is 25.1 Å². The molecule has 1 aromatic carbocycles. The number of halogens is 1. The molecule has 0 aliphatic heterocycles. The molecule has 8 heteroatoms. The fourth-order valence-electron chi connectivity index (χ4n) is 1.66. The maximum atomic E-state index is 11.2. The average molecular weight is 315 g/mol. The van der Waals surface area contributed by atoms with E-state index in [9.17, 15) is 8.42 Å². The first-order chi connectivity index (χ1) is 9.35. The number of aromatic nitrogens is 2. The Morgan fingerprint density at radius 3 is 2.70 bits per heavy atom. The van der Waals surface area contributed by atoms with Gasteiger partial charge in [-0.05, 0) is 18.2 Å². The van der Waals surface area contributed by atoms with Crippen LogP contribution in [0.25, 0.3) is 0 Å². The summed E-state index contributed by atoms with van der Waals surface area (Å²) in [6.07, 6.45) is 4.67. The van der Waals surface area contributed by atoms with Crippen LogP contribution < -0.4 is 10.0 Å². The molecule has 0 bridgehead atoms. The highest BCUT2D eigenvalue weighted by molar-refractivity contribution is 7.92. The van der Waals surface area contributed by atoms with E-state index in [0.29, 0.717) is 17.3 Å². The van der Waals surface area contributed by atoms with Crippen molar-refractivity contribution in [3.8, 4) is 0 Å². The zero-order chi connectivity index (χ0) is 14.8. The number of rotatable bonds is 5. The molecule has 0 aliphatic carbocycles. The number of aryl methyl sites for hydroxylation is 1. The number of hydrogen-bond donors (Lipinski definition) is 2. The highest BCUT2D eigenvalue weighted by Crippen LogP contribution is 2.26. The summed E-state index contributed by atoms with van der Waals surface area (Å²) in [6.45, 7) is 0.554. The lowest BCUT2D eigenvalue weighted by Crippen LogP contribution is -2.10. The highest BCUT2D eigenvalue weighted by atomic mass is 35.5. The van der Waals surface area contributed by atoms with Crippen LogP contribution in [-0.2, 0) is 23.6 Å². The Morgan fingerprint density at radius 2 is 2.15 bits per heavy atom. The molecule has 6 nitrogen and oxygen atoms in total. The second-order valence-corrected chi connectivity index (χ2v) is 6.53. The molecular weight excluding hydrogens is 300 g/mol. The van der Waals surface area contributed by atoms with Crippen molar-refractivity contribution in [2.24, 2.45) is 7.05 Å². The molecule has 2 aromatic rings. The van der Waals surface area contributed by atoms with Crippen LogP contribution in [-0.4, -0.2) is 24.2 Å². The minimum atomic E-state index is -3.33. The molecule has 108 valence electrons. The van der Waals surface area contributed by atoms with E-state index in [4.69, 9.17) is 11.6 Å². The predicted octanol–water partition coefficient (Wildman–Crippen LogP) is 2.06. The summed E-state index contributed by atoms with van der Waals surface area (Å²) in [5.41, 5.74) is 1.15. The van der Waals surface area contributed by atoms with Crippen LogP contribution in [0.2, 0.25) is 5.02 Å². The third-order valence-electron chi connectivity index (χ3n) is 2.64. The highest BCUT2D eigenvalue weighted by Gasteiger charge is 2.07. The molecule has 1 aromatic heterocycles. The van der Waals surface area contributed by atoms with Crippen LogP contribution in [0, 0.1) is 0 Å². The van der Waals surface area contributed by atoms with Crippen molar-refractivity contribution in [2.45, 2.75) is 6.54 Å². The normalized spacial score (nSPS) is 11.3. The van der Waals surface area contributed by atoms with E-state index in [1.54, 1.807) is 24.4 Å². The lowest BCUT2D eigenvalue weighted by molar-refractivity contribution is 0.607. The lowest BCUT2D eigenvalue weighted by atomic mass is 10.3. The maximum Gasteiger partial charge on any atom is 0.229 e.